The number of aliphatic hydroxyl groups excluding tert-OH is 4. The molecule has 1 heterocycles. The van der Waals surface area contributed by atoms with Crippen molar-refractivity contribution in [2.45, 2.75) is 47.7 Å². The van der Waals surface area contributed by atoms with E-state index in [1.807, 2.05) is 0 Å². The molecule has 1 aromatic rings. The van der Waals surface area contributed by atoms with Crippen molar-refractivity contribution in [3.05, 3.63) is 39.9 Å². The van der Waals surface area contributed by atoms with Gasteiger partial charge in [0.1, 0.15) is 24.4 Å². The first-order valence-electron chi connectivity index (χ1n) is 8.99. The summed E-state index contributed by atoms with van der Waals surface area (Å²) >= 11 is 11.0. The van der Waals surface area contributed by atoms with Crippen molar-refractivity contribution in [3.8, 4) is 0 Å². The fourth-order valence-electron chi connectivity index (χ4n) is 2.87. The van der Waals surface area contributed by atoms with Crippen LogP contribution in [0.15, 0.2) is 24.3 Å². The number of carboxylic acid groups (broad SMARTS) is 1. The minimum absolute atomic E-state index is 0.133. The van der Waals surface area contributed by atoms with Crippen LogP contribution in [-0.4, -0.2) is 90.5 Å². The van der Waals surface area contributed by atoms with Crippen molar-refractivity contribution >= 4 is 40.8 Å². The van der Waals surface area contributed by atoms with Crippen LogP contribution in [0, 0.1) is 10.1 Å². The van der Waals surface area contributed by atoms with Crippen molar-refractivity contribution < 1.29 is 49.5 Å². The first-order chi connectivity index (χ1) is 14.9. The molecule has 2 rings (SSSR count). The number of hydrogen-bond acceptors (Lipinski definition) is 10. The average Bonchev–Trinajstić information content (AvgIpc) is 2.75. The van der Waals surface area contributed by atoms with Gasteiger partial charge in [-0.3, -0.25) is 14.9 Å². The van der Waals surface area contributed by atoms with Gasteiger partial charge in [-0.2, -0.15) is 0 Å². The number of carboxylic acids is 1. The molecule has 2 unspecified atom stereocenters. The molecule has 1 amide bonds. The maximum absolute atomic E-state index is 11.9. The van der Waals surface area contributed by atoms with E-state index in [0.29, 0.717) is 0 Å². The highest BCUT2D eigenvalue weighted by molar-refractivity contribution is 6.53. The predicted octanol–water partition coefficient (Wildman–Crippen LogP) is -1.17. The number of ether oxygens (including phenoxy) is 2. The van der Waals surface area contributed by atoms with Gasteiger partial charge in [0, 0.05) is 12.1 Å². The van der Waals surface area contributed by atoms with E-state index in [-0.39, 0.29) is 11.3 Å². The lowest BCUT2D eigenvalue weighted by molar-refractivity contribution is -0.384. The molecule has 0 saturated carbocycles. The topological polar surface area (TPSA) is 209 Å². The summed E-state index contributed by atoms with van der Waals surface area (Å²) in [5.41, 5.74) is -0.112. The van der Waals surface area contributed by atoms with E-state index in [1.165, 1.54) is 12.1 Å². The van der Waals surface area contributed by atoms with Gasteiger partial charge in [-0.05, 0) is 17.7 Å². The van der Waals surface area contributed by atoms with Crippen molar-refractivity contribution in [2.75, 3.05) is 6.61 Å². The molecule has 1 fully saturated rings. The number of nitro benzene ring substituents is 1. The molecule has 0 spiro atoms. The van der Waals surface area contributed by atoms with Gasteiger partial charge in [-0.25, -0.2) is 4.79 Å². The number of nitrogens with one attached hydrogen (secondary N) is 1. The standard InChI is InChI=1S/C17H20Cl2N2O11/c18-14(19)15(26)20-8(9(22)6-1-3-7(4-2-6)21(29)30)5-31-17-12(25)10(23)11(24)13(32-17)16(27)28/h1-4,8-14,17,22-25H,5H2,(H,20,26)(H,27,28)/t8?,9?,10-,11-,12+,13-,17+/m0/s1. The van der Waals surface area contributed by atoms with Crippen LogP contribution in [0.1, 0.15) is 11.7 Å². The summed E-state index contributed by atoms with van der Waals surface area (Å²) in [6, 6.07) is 3.40. The number of halogens is 2. The molecule has 15 heteroatoms. The number of rotatable bonds is 9. The third-order valence-corrected chi connectivity index (χ3v) is 5.00. The van der Waals surface area contributed by atoms with Crippen LogP contribution in [-0.2, 0) is 19.1 Å². The van der Waals surface area contributed by atoms with Crippen molar-refractivity contribution in [2.24, 2.45) is 0 Å². The highest BCUT2D eigenvalue weighted by Crippen LogP contribution is 2.25. The number of alkyl halides is 2. The van der Waals surface area contributed by atoms with Crippen LogP contribution in [0.3, 0.4) is 0 Å². The van der Waals surface area contributed by atoms with E-state index in [1.54, 1.807) is 0 Å². The Labute approximate surface area is 190 Å². The predicted molar refractivity (Wildman–Crippen MR) is 106 cm³/mol. The van der Waals surface area contributed by atoms with Gasteiger partial charge in [0.05, 0.1) is 17.6 Å². The first kappa shape index (κ1) is 26.2. The Bertz CT molecular complexity index is 825. The molecule has 1 aliphatic heterocycles. The summed E-state index contributed by atoms with van der Waals surface area (Å²) in [6.07, 6.45) is -10.9. The highest BCUT2D eigenvalue weighted by atomic mass is 35.5. The fourth-order valence-corrected chi connectivity index (χ4v) is 3.00. The van der Waals surface area contributed by atoms with Gasteiger partial charge >= 0.3 is 5.97 Å². The van der Waals surface area contributed by atoms with Crippen molar-refractivity contribution in [1.29, 1.82) is 0 Å². The number of carbonyl (C=O) groups excluding carboxylic acids is 1. The number of nitro groups is 1. The molecular formula is C17H20Cl2N2O11. The number of hydrogen-bond donors (Lipinski definition) is 6. The van der Waals surface area contributed by atoms with Gasteiger partial charge in [0.2, 0.25) is 0 Å². The second kappa shape index (κ2) is 11.2. The van der Waals surface area contributed by atoms with E-state index in [4.69, 9.17) is 37.8 Å². The molecule has 6 N–H and O–H groups in total. The van der Waals surface area contributed by atoms with Gasteiger partial charge in [-0.1, -0.05) is 23.2 Å². The van der Waals surface area contributed by atoms with E-state index < -0.39 is 71.1 Å². The molecule has 7 atom stereocenters. The normalized spacial score (nSPS) is 27.5. The summed E-state index contributed by atoms with van der Waals surface area (Å²) in [5, 5.41) is 62.4. The number of carbonyl (C=O) groups is 2. The quantitative estimate of drug-likeness (QED) is 0.135. The highest BCUT2D eigenvalue weighted by Gasteiger charge is 2.47. The van der Waals surface area contributed by atoms with E-state index >= 15 is 0 Å². The second-order valence-corrected chi connectivity index (χ2v) is 7.87. The summed E-state index contributed by atoms with van der Waals surface area (Å²) in [6.45, 7) is -0.610. The SMILES string of the molecule is O=C(NC(CO[C@@H]1O[C@H](C(=O)O)[C@@H](O)[C@H](O)[C@H]1O)C(O)c1ccc([N+](=O)[O-])cc1)C(Cl)Cl. The Kier molecular flexibility index (Phi) is 9.12. The molecule has 1 aliphatic rings. The van der Waals surface area contributed by atoms with E-state index in [0.717, 1.165) is 12.1 Å². The number of nitrogens with zero attached hydrogens (tertiary/aromatic N) is 1. The van der Waals surface area contributed by atoms with Gasteiger partial charge in [0.25, 0.3) is 11.6 Å². The third-order valence-electron chi connectivity index (χ3n) is 4.61. The van der Waals surface area contributed by atoms with E-state index in [9.17, 15) is 40.1 Å². The Morgan fingerprint density at radius 2 is 1.75 bits per heavy atom. The first-order valence-corrected chi connectivity index (χ1v) is 9.86. The zero-order chi connectivity index (χ0) is 24.2. The largest absolute Gasteiger partial charge is 0.479 e. The molecule has 178 valence electrons. The lowest BCUT2D eigenvalue weighted by atomic mass is 9.99. The minimum Gasteiger partial charge on any atom is -0.479 e. The second-order valence-electron chi connectivity index (χ2n) is 6.78. The Balaban J connectivity index is 2.18. The molecule has 0 radical (unpaired) electrons. The monoisotopic (exact) mass is 498 g/mol. The van der Waals surface area contributed by atoms with Crippen LogP contribution in [0.25, 0.3) is 0 Å². The molecular weight excluding hydrogens is 479 g/mol. The van der Waals surface area contributed by atoms with Crippen LogP contribution >= 0.6 is 23.2 Å². The van der Waals surface area contributed by atoms with Crippen molar-refractivity contribution in [3.63, 3.8) is 0 Å². The molecule has 32 heavy (non-hydrogen) atoms. The van der Waals surface area contributed by atoms with Crippen molar-refractivity contribution in [1.82, 2.24) is 5.32 Å². The van der Waals surface area contributed by atoms with Gasteiger partial charge in [0.15, 0.2) is 17.2 Å². The molecule has 1 aromatic carbocycles. The number of benzene rings is 1. The smallest absolute Gasteiger partial charge is 0.335 e. The van der Waals surface area contributed by atoms with E-state index in [2.05, 4.69) is 5.32 Å². The average molecular weight is 499 g/mol. The number of amides is 1. The summed E-state index contributed by atoms with van der Waals surface area (Å²) in [5.74, 6) is -2.55. The fraction of sp³-hybridized carbons (Fsp3) is 0.529. The third kappa shape index (κ3) is 6.24. The zero-order valence-electron chi connectivity index (χ0n) is 16.0. The maximum Gasteiger partial charge on any atom is 0.335 e. The summed E-state index contributed by atoms with van der Waals surface area (Å²) in [7, 11) is 0. The van der Waals surface area contributed by atoms with Crippen LogP contribution in [0.5, 0.6) is 0 Å². The van der Waals surface area contributed by atoms with Gasteiger partial charge in [-0.15, -0.1) is 0 Å². The molecule has 1 saturated heterocycles. The molecule has 0 bridgehead atoms. The lowest BCUT2D eigenvalue weighted by Crippen LogP contribution is -2.61. The zero-order valence-corrected chi connectivity index (χ0v) is 17.5. The molecule has 0 aliphatic carbocycles. The minimum atomic E-state index is -1.93. The number of non-ortho nitro benzene ring substituents is 1. The van der Waals surface area contributed by atoms with Crippen LogP contribution in [0.2, 0.25) is 0 Å². The number of aliphatic hydroxyl groups is 4. The molecule has 13 nitrogen and oxygen atoms in total. The molecule has 0 aromatic heterocycles. The van der Waals surface area contributed by atoms with Gasteiger partial charge < -0.3 is 40.3 Å². The van der Waals surface area contributed by atoms with Crippen LogP contribution in [0.4, 0.5) is 5.69 Å². The lowest BCUT2D eigenvalue weighted by Gasteiger charge is -2.39. The Hall–Kier alpha value is -2.10. The summed E-state index contributed by atoms with van der Waals surface area (Å²) < 4.78 is 10.2. The Morgan fingerprint density at radius 3 is 2.25 bits per heavy atom. The summed E-state index contributed by atoms with van der Waals surface area (Å²) in [4.78, 5) is 31.7. The number of aliphatic carboxylic acids is 1. The Morgan fingerprint density at radius 1 is 1.16 bits per heavy atom. The van der Waals surface area contributed by atoms with Crippen LogP contribution < -0.4 is 5.32 Å². The maximum atomic E-state index is 11.9.